The summed E-state index contributed by atoms with van der Waals surface area (Å²) in [5.74, 6) is 0.461. The molecule has 1 fully saturated rings. The Hall–Kier alpha value is -10.6. The van der Waals surface area contributed by atoms with Gasteiger partial charge in [0.05, 0.1) is 94.9 Å². The first-order valence-corrected chi connectivity index (χ1v) is 38.7. The van der Waals surface area contributed by atoms with Crippen LogP contribution in [0.3, 0.4) is 0 Å². The fourth-order valence-corrected chi connectivity index (χ4v) is 15.4. The van der Waals surface area contributed by atoms with Gasteiger partial charge in [0.1, 0.15) is 17.2 Å². The van der Waals surface area contributed by atoms with Gasteiger partial charge in [0.2, 0.25) is 0 Å². The van der Waals surface area contributed by atoms with Crippen LogP contribution in [0.15, 0.2) is 182 Å². The van der Waals surface area contributed by atoms with Gasteiger partial charge in [0.25, 0.3) is 17.7 Å². The van der Waals surface area contributed by atoms with Crippen molar-refractivity contribution in [2.75, 3.05) is 60.6 Å². The molecule has 580 valence electrons. The first kappa shape index (κ1) is 80.4. The summed E-state index contributed by atoms with van der Waals surface area (Å²) in [5, 5.41) is 41.6. The predicted octanol–water partition coefficient (Wildman–Crippen LogP) is 16.8. The van der Waals surface area contributed by atoms with E-state index in [9.17, 15) is 24.3 Å². The van der Waals surface area contributed by atoms with E-state index in [0.717, 1.165) is 105 Å². The molecular formula is C85H80Cl6N14O8. The number of aromatic nitrogens is 7. The van der Waals surface area contributed by atoms with Gasteiger partial charge in [-0.3, -0.25) is 34.5 Å². The number of methoxy groups -OCH3 is 3. The Morgan fingerprint density at radius 2 is 0.894 bits per heavy atom. The smallest absolute Gasteiger partial charge is 0.317 e. The molecule has 7 aromatic carbocycles. The van der Waals surface area contributed by atoms with E-state index in [0.29, 0.717) is 108 Å². The number of carbonyl (C=O) groups is 4. The fraction of sp³-hybridized carbons (Fsp3) is 0.224. The number of fused-ring (bicyclic) bond motifs is 3. The van der Waals surface area contributed by atoms with E-state index >= 15 is 0 Å². The molecule has 0 radical (unpaired) electrons. The lowest BCUT2D eigenvalue weighted by atomic mass is 9.97. The van der Waals surface area contributed by atoms with Crippen molar-refractivity contribution in [1.29, 1.82) is 0 Å². The highest BCUT2D eigenvalue weighted by atomic mass is 35.5. The maximum absolute atomic E-state index is 13.7. The predicted molar refractivity (Wildman–Crippen MR) is 445 cm³/mol. The Bertz CT molecular complexity index is 5400. The first-order valence-electron chi connectivity index (χ1n) is 36.5. The van der Waals surface area contributed by atoms with E-state index in [2.05, 4.69) is 43.8 Å². The van der Waals surface area contributed by atoms with Crippen molar-refractivity contribution < 1.29 is 38.5 Å². The molecule has 0 bridgehead atoms. The average molecular weight is 1640 g/mol. The van der Waals surface area contributed by atoms with Crippen molar-refractivity contribution >= 4 is 128 Å². The second-order valence-electron chi connectivity index (χ2n) is 27.2. The number of benzene rings is 7. The van der Waals surface area contributed by atoms with E-state index < -0.39 is 5.97 Å². The Labute approximate surface area is 683 Å². The molecular weight excluding hydrogens is 1560 g/mol. The fourth-order valence-electron chi connectivity index (χ4n) is 13.9. The minimum Gasteiger partial charge on any atom is -0.497 e. The van der Waals surface area contributed by atoms with Crippen molar-refractivity contribution in [1.82, 2.24) is 70.9 Å². The lowest BCUT2D eigenvalue weighted by Gasteiger charge is -2.28. The highest BCUT2D eigenvalue weighted by Crippen LogP contribution is 2.39. The van der Waals surface area contributed by atoms with Gasteiger partial charge in [-0.15, -0.1) is 0 Å². The number of piperidine rings is 1. The van der Waals surface area contributed by atoms with Crippen molar-refractivity contribution in [2.45, 2.75) is 64.8 Å². The van der Waals surface area contributed by atoms with Gasteiger partial charge in [-0.25, -0.2) is 19.1 Å². The second kappa shape index (κ2) is 36.9. The summed E-state index contributed by atoms with van der Waals surface area (Å²) in [5.41, 5.74) is 17.8. The first-order chi connectivity index (χ1) is 54.7. The van der Waals surface area contributed by atoms with Crippen molar-refractivity contribution in [2.24, 2.45) is 0 Å². The van der Waals surface area contributed by atoms with Gasteiger partial charge >= 0.3 is 5.97 Å². The molecule has 11 aromatic rings. The molecule has 4 aromatic heterocycles. The number of carbonyl (C=O) groups excluding carboxylic acids is 3. The third kappa shape index (κ3) is 19.2. The van der Waals surface area contributed by atoms with Crippen LogP contribution in [0.1, 0.15) is 138 Å². The van der Waals surface area contributed by atoms with E-state index in [1.807, 2.05) is 158 Å². The molecule has 1 unspecified atom stereocenters. The molecule has 0 aliphatic carbocycles. The standard InChI is InChI=1S/C31H28Cl2N4O4.C28H25Cl2N5O2.C26H27Cl2N5O2/c1-19(21-6-4-3-5-7-21)34-31(40)29-25-17-36(18-28(38)39)16-22(14-20-8-11-24(41-2)12-9-20)30(25)37(35-29)27-13-10-23(32)15-26(27)33;1-17(24-5-3-4-12-32-24)33-28(36)26-22-16-31-15-19(13-18-6-9-21(37-2)10-7-18)27(22)35(34-26)25-11-8-20(29)14-23(25)30;1-35-20-8-5-17(6-9-20)13-18-15-29-16-21-24(26(34)31-32-11-3-2-4-12-32)30-33(25(18)21)23-10-7-19(27)14-22(23)28/h3-15,19H,16-18H2,1-2H3,(H,34,40)(H,38,39);3-14,17,31H,15-16H2,1-2H3,(H,33,36);5-10,13-14,29H,2-4,11-12,15-16H2,1H3,(H,31,34)/b22-14+;19-13+;18-13+/t19-;;/m1../s1. The van der Waals surface area contributed by atoms with Crippen molar-refractivity contribution in [3.63, 3.8) is 0 Å². The van der Waals surface area contributed by atoms with Gasteiger partial charge in [-0.05, 0) is 187 Å². The molecule has 0 spiro atoms. The number of hydrogen-bond acceptors (Lipinski definition) is 15. The molecule has 0 saturated carbocycles. The SMILES string of the molecule is COc1ccc(/C=C2\CN(CC(=O)O)Cc3c(C(=O)N[C@H](C)c4ccccc4)nn(-c4ccc(Cl)cc4Cl)c32)cc1.COc1ccc(/C=C2\CNCc3c(C(=O)NC(C)c4ccccn4)nn(-c4ccc(Cl)cc4Cl)c32)cc1.COc1ccc(/C=C2\CNCc3c(C(=O)NN4CCCCC4)nn(-c4ccc(Cl)cc4Cl)c32)cc1. The Balaban J connectivity index is 0.000000149. The summed E-state index contributed by atoms with van der Waals surface area (Å²) < 4.78 is 21.0. The molecule has 2 atom stereocenters. The molecule has 8 heterocycles. The molecule has 22 nitrogen and oxygen atoms in total. The van der Waals surface area contributed by atoms with Crippen LogP contribution in [-0.2, 0) is 24.4 Å². The Morgan fingerprint density at radius 1 is 0.478 bits per heavy atom. The number of amides is 3. The molecule has 15 rings (SSSR count). The lowest BCUT2D eigenvalue weighted by molar-refractivity contribution is -0.138. The Kier molecular flexibility index (Phi) is 26.3. The van der Waals surface area contributed by atoms with E-state index in [1.165, 1.54) is 6.42 Å². The molecule has 113 heavy (non-hydrogen) atoms. The molecule has 3 amide bonds. The largest absolute Gasteiger partial charge is 0.497 e. The van der Waals surface area contributed by atoms with Gasteiger partial charge < -0.3 is 40.6 Å². The number of hydrazine groups is 1. The minimum absolute atomic E-state index is 0.199. The molecule has 28 heteroatoms. The maximum Gasteiger partial charge on any atom is 0.317 e. The normalized spacial score (nSPS) is 15.6. The summed E-state index contributed by atoms with van der Waals surface area (Å²) in [4.78, 5) is 58.5. The number of halogens is 6. The average Bonchev–Trinajstić information content (AvgIpc) is 1.64. The topological polar surface area (TPSA) is 249 Å². The maximum atomic E-state index is 13.7. The number of ether oxygens (including phenoxy) is 3. The summed E-state index contributed by atoms with van der Waals surface area (Å²) >= 11 is 38.3. The third-order valence-corrected chi connectivity index (χ3v) is 21.0. The molecule has 6 N–H and O–H groups in total. The highest BCUT2D eigenvalue weighted by molar-refractivity contribution is 6.37. The summed E-state index contributed by atoms with van der Waals surface area (Å²) in [6.45, 7) is 8.07. The van der Waals surface area contributed by atoms with Crippen LogP contribution in [0.25, 0.3) is 52.0 Å². The summed E-state index contributed by atoms with van der Waals surface area (Å²) in [6, 6.07) is 53.4. The number of nitrogens with one attached hydrogen (secondary N) is 5. The molecule has 4 aliphatic heterocycles. The number of carboxylic acids is 1. The van der Waals surface area contributed by atoms with Crippen LogP contribution in [0.5, 0.6) is 17.2 Å². The Morgan fingerprint density at radius 3 is 1.32 bits per heavy atom. The molecule has 4 aliphatic rings. The number of carboxylic acid groups (broad SMARTS) is 1. The summed E-state index contributed by atoms with van der Waals surface area (Å²) in [7, 11) is 4.89. The number of rotatable bonds is 19. The number of nitrogens with zero attached hydrogens (tertiary/aromatic N) is 9. The summed E-state index contributed by atoms with van der Waals surface area (Å²) in [6.07, 6.45) is 11.2. The highest BCUT2D eigenvalue weighted by Gasteiger charge is 2.36. The van der Waals surface area contributed by atoms with Gasteiger partial charge in [0.15, 0.2) is 17.1 Å². The number of pyridine rings is 1. The van der Waals surface area contributed by atoms with Gasteiger partial charge in [-0.2, -0.15) is 15.3 Å². The van der Waals surface area contributed by atoms with E-state index in [-0.39, 0.29) is 48.6 Å². The van der Waals surface area contributed by atoms with Crippen LogP contribution in [0.2, 0.25) is 30.1 Å². The minimum atomic E-state index is -0.964. The third-order valence-electron chi connectivity index (χ3n) is 19.4. The van der Waals surface area contributed by atoms with Crippen molar-refractivity contribution in [3.05, 3.63) is 291 Å². The molecule has 1 saturated heterocycles. The van der Waals surface area contributed by atoms with Crippen LogP contribution in [0, 0.1) is 0 Å². The quantitative estimate of drug-likeness (QED) is 0.0440. The van der Waals surface area contributed by atoms with E-state index in [4.69, 9.17) is 99.1 Å². The van der Waals surface area contributed by atoms with Crippen LogP contribution >= 0.6 is 69.6 Å². The zero-order chi connectivity index (χ0) is 79.4. The van der Waals surface area contributed by atoms with Crippen LogP contribution in [-0.4, -0.2) is 134 Å². The monoisotopic (exact) mass is 1630 g/mol. The van der Waals surface area contributed by atoms with Gasteiger partial charge in [0, 0.05) is 90.3 Å². The van der Waals surface area contributed by atoms with E-state index in [1.54, 1.807) is 88.9 Å². The van der Waals surface area contributed by atoms with Gasteiger partial charge in [-0.1, -0.05) is 149 Å². The zero-order valence-electron chi connectivity index (χ0n) is 62.3. The zero-order valence-corrected chi connectivity index (χ0v) is 66.8. The number of aliphatic carboxylic acids is 1. The van der Waals surface area contributed by atoms with Crippen LogP contribution in [0.4, 0.5) is 0 Å². The second-order valence-corrected chi connectivity index (χ2v) is 29.7. The van der Waals surface area contributed by atoms with Crippen LogP contribution < -0.4 is 40.9 Å². The lowest BCUT2D eigenvalue weighted by Crippen LogP contribution is -2.45. The number of hydrogen-bond donors (Lipinski definition) is 6. The van der Waals surface area contributed by atoms with Crippen molar-refractivity contribution in [3.8, 4) is 34.3 Å².